The van der Waals surface area contributed by atoms with Gasteiger partial charge in [-0.25, -0.2) is 9.59 Å². The normalized spacial score (nSPS) is 22.9. The second-order valence-corrected chi connectivity index (χ2v) is 5.24. The van der Waals surface area contributed by atoms with Crippen LogP contribution >= 0.6 is 0 Å². The number of carboxylic acids is 1. The largest absolute Gasteiger partial charge is 0.480 e. The van der Waals surface area contributed by atoms with Gasteiger partial charge in [0.05, 0.1) is 6.10 Å². The summed E-state index contributed by atoms with van der Waals surface area (Å²) < 4.78 is 0. The van der Waals surface area contributed by atoms with Gasteiger partial charge in [-0.3, -0.25) is 0 Å². The number of hydrogen-bond donors (Lipinski definition) is 3. The van der Waals surface area contributed by atoms with Crippen LogP contribution in [0.2, 0.25) is 0 Å². The molecule has 0 aromatic rings. The molecule has 1 heterocycles. The van der Waals surface area contributed by atoms with Crippen molar-refractivity contribution in [3.05, 3.63) is 0 Å². The topological polar surface area (TPSA) is 89.9 Å². The maximum absolute atomic E-state index is 11.9. The molecule has 6 nitrogen and oxygen atoms in total. The van der Waals surface area contributed by atoms with Crippen molar-refractivity contribution in [3.8, 4) is 0 Å². The first kappa shape index (κ1) is 14.8. The lowest BCUT2D eigenvalue weighted by Crippen LogP contribution is -2.49. The molecule has 0 spiro atoms. The van der Waals surface area contributed by atoms with Crippen LogP contribution in [0, 0.1) is 11.8 Å². The Hall–Kier alpha value is -1.30. The summed E-state index contributed by atoms with van der Waals surface area (Å²) >= 11 is 0. The lowest BCUT2D eigenvalue weighted by molar-refractivity contribution is -0.140. The number of carbonyl (C=O) groups excluding carboxylic acids is 1. The molecule has 104 valence electrons. The molecule has 1 aliphatic heterocycles. The van der Waals surface area contributed by atoms with Gasteiger partial charge < -0.3 is 20.4 Å². The maximum Gasteiger partial charge on any atom is 0.326 e. The van der Waals surface area contributed by atoms with Crippen LogP contribution in [-0.4, -0.2) is 52.3 Å². The van der Waals surface area contributed by atoms with Crippen LogP contribution in [0.5, 0.6) is 0 Å². The van der Waals surface area contributed by atoms with Crippen molar-refractivity contribution in [2.75, 3.05) is 13.1 Å². The molecule has 18 heavy (non-hydrogen) atoms. The van der Waals surface area contributed by atoms with E-state index in [0.717, 1.165) is 6.42 Å². The van der Waals surface area contributed by atoms with Crippen LogP contribution in [0.4, 0.5) is 4.79 Å². The molecule has 1 fully saturated rings. The standard InChI is InChI=1S/C12H22N2O4/c1-7(2)10(11(16)17)13-12(18)14-5-4-9(6-14)8(3)15/h7-10,15H,4-6H2,1-3H3,(H,13,18)(H,16,17)/t8?,9?,10-/m1/s1. The van der Waals surface area contributed by atoms with Crippen LogP contribution in [0.3, 0.4) is 0 Å². The van der Waals surface area contributed by atoms with E-state index in [1.165, 1.54) is 0 Å². The molecule has 1 aliphatic rings. The van der Waals surface area contributed by atoms with E-state index in [2.05, 4.69) is 5.32 Å². The van der Waals surface area contributed by atoms with Crippen molar-refractivity contribution in [1.29, 1.82) is 0 Å². The minimum absolute atomic E-state index is 0.0816. The molecule has 0 saturated carbocycles. The van der Waals surface area contributed by atoms with Crippen molar-refractivity contribution in [1.82, 2.24) is 10.2 Å². The third kappa shape index (κ3) is 3.60. The average Bonchev–Trinajstić information content (AvgIpc) is 2.73. The molecule has 3 atom stereocenters. The molecule has 6 heteroatoms. The highest BCUT2D eigenvalue weighted by molar-refractivity contribution is 5.82. The van der Waals surface area contributed by atoms with Gasteiger partial charge in [-0.15, -0.1) is 0 Å². The third-order valence-electron chi connectivity index (χ3n) is 3.41. The quantitative estimate of drug-likeness (QED) is 0.685. The summed E-state index contributed by atoms with van der Waals surface area (Å²) in [5, 5.41) is 21.0. The first-order chi connectivity index (χ1) is 8.32. The average molecular weight is 258 g/mol. The second kappa shape index (κ2) is 6.04. The van der Waals surface area contributed by atoms with Gasteiger partial charge in [0.25, 0.3) is 0 Å². The molecule has 1 rings (SSSR count). The number of urea groups is 1. The van der Waals surface area contributed by atoms with Gasteiger partial charge in [-0.05, 0) is 19.3 Å². The van der Waals surface area contributed by atoms with E-state index in [4.69, 9.17) is 5.11 Å². The van der Waals surface area contributed by atoms with Gasteiger partial charge in [-0.2, -0.15) is 0 Å². The number of amides is 2. The molecule has 3 N–H and O–H groups in total. The van der Waals surface area contributed by atoms with Gasteiger partial charge in [0.15, 0.2) is 0 Å². The number of carboxylic acid groups (broad SMARTS) is 1. The summed E-state index contributed by atoms with van der Waals surface area (Å²) in [5.74, 6) is -1.11. The van der Waals surface area contributed by atoms with Crippen molar-refractivity contribution in [2.45, 2.75) is 39.3 Å². The van der Waals surface area contributed by atoms with Crippen molar-refractivity contribution in [3.63, 3.8) is 0 Å². The Bertz CT molecular complexity index is 317. The molecular weight excluding hydrogens is 236 g/mol. The third-order valence-corrected chi connectivity index (χ3v) is 3.41. The van der Waals surface area contributed by atoms with E-state index >= 15 is 0 Å². The minimum Gasteiger partial charge on any atom is -0.480 e. The fourth-order valence-electron chi connectivity index (χ4n) is 2.10. The van der Waals surface area contributed by atoms with Crippen LogP contribution in [-0.2, 0) is 4.79 Å². The van der Waals surface area contributed by atoms with Gasteiger partial charge >= 0.3 is 12.0 Å². The minimum atomic E-state index is -1.02. The highest BCUT2D eigenvalue weighted by Gasteiger charge is 2.31. The zero-order valence-electron chi connectivity index (χ0n) is 11.1. The monoisotopic (exact) mass is 258 g/mol. The lowest BCUT2D eigenvalue weighted by Gasteiger charge is -2.23. The Morgan fingerprint density at radius 1 is 1.33 bits per heavy atom. The molecule has 2 unspecified atom stereocenters. The Balaban J connectivity index is 2.53. The molecule has 2 amide bonds. The lowest BCUT2D eigenvalue weighted by atomic mass is 10.0. The molecule has 0 aliphatic carbocycles. The fraction of sp³-hybridized carbons (Fsp3) is 0.833. The Morgan fingerprint density at radius 3 is 2.33 bits per heavy atom. The number of hydrogen-bond acceptors (Lipinski definition) is 3. The summed E-state index contributed by atoms with van der Waals surface area (Å²) in [6.45, 7) is 6.25. The number of nitrogens with one attached hydrogen (secondary N) is 1. The number of carbonyl (C=O) groups is 2. The highest BCUT2D eigenvalue weighted by Crippen LogP contribution is 2.19. The molecular formula is C12H22N2O4. The first-order valence-corrected chi connectivity index (χ1v) is 6.29. The molecule has 0 bridgehead atoms. The van der Waals surface area contributed by atoms with Crippen LogP contribution < -0.4 is 5.32 Å². The number of aliphatic hydroxyl groups excluding tert-OH is 1. The molecule has 0 radical (unpaired) electrons. The van der Waals surface area contributed by atoms with Gasteiger partial charge in [0, 0.05) is 19.0 Å². The fourth-order valence-corrected chi connectivity index (χ4v) is 2.10. The first-order valence-electron chi connectivity index (χ1n) is 6.29. The smallest absolute Gasteiger partial charge is 0.326 e. The van der Waals surface area contributed by atoms with E-state index in [0.29, 0.717) is 13.1 Å². The summed E-state index contributed by atoms with van der Waals surface area (Å²) in [7, 11) is 0. The van der Waals surface area contributed by atoms with E-state index in [-0.39, 0.29) is 17.9 Å². The number of likely N-dealkylation sites (tertiary alicyclic amines) is 1. The highest BCUT2D eigenvalue weighted by atomic mass is 16.4. The summed E-state index contributed by atoms with van der Waals surface area (Å²) in [6.07, 6.45) is 0.313. The summed E-state index contributed by atoms with van der Waals surface area (Å²) in [4.78, 5) is 24.5. The number of rotatable bonds is 4. The van der Waals surface area contributed by atoms with Crippen molar-refractivity contribution < 1.29 is 19.8 Å². The van der Waals surface area contributed by atoms with E-state index in [1.54, 1.807) is 25.7 Å². The van der Waals surface area contributed by atoms with Crippen LogP contribution in [0.25, 0.3) is 0 Å². The number of nitrogens with zero attached hydrogens (tertiary/aromatic N) is 1. The van der Waals surface area contributed by atoms with Gasteiger partial charge in [0.1, 0.15) is 6.04 Å². The zero-order valence-corrected chi connectivity index (χ0v) is 11.1. The Kier molecular flexibility index (Phi) is 4.95. The van der Waals surface area contributed by atoms with Gasteiger partial charge in [0.2, 0.25) is 0 Å². The predicted octanol–water partition coefficient (Wildman–Crippen LogP) is 0.508. The van der Waals surface area contributed by atoms with Gasteiger partial charge in [-0.1, -0.05) is 13.8 Å². The van der Waals surface area contributed by atoms with E-state index < -0.39 is 18.1 Å². The summed E-state index contributed by atoms with van der Waals surface area (Å²) in [6, 6.07) is -1.23. The zero-order chi connectivity index (χ0) is 13.9. The predicted molar refractivity (Wildman–Crippen MR) is 66.2 cm³/mol. The SMILES string of the molecule is CC(O)C1CCN(C(=O)N[C@@H](C(=O)O)C(C)C)C1. The van der Waals surface area contributed by atoms with Crippen molar-refractivity contribution in [2.24, 2.45) is 11.8 Å². The number of aliphatic hydroxyl groups is 1. The summed E-state index contributed by atoms with van der Waals surface area (Å²) in [5.41, 5.74) is 0. The molecule has 0 aromatic carbocycles. The van der Waals surface area contributed by atoms with Crippen LogP contribution in [0.1, 0.15) is 27.2 Å². The van der Waals surface area contributed by atoms with Crippen molar-refractivity contribution >= 4 is 12.0 Å². The Morgan fingerprint density at radius 2 is 1.94 bits per heavy atom. The van der Waals surface area contributed by atoms with E-state index in [1.807, 2.05) is 0 Å². The van der Waals surface area contributed by atoms with E-state index in [9.17, 15) is 14.7 Å². The second-order valence-electron chi connectivity index (χ2n) is 5.24. The Labute approximate surface area is 107 Å². The maximum atomic E-state index is 11.9. The number of aliphatic carboxylic acids is 1. The molecule has 0 aromatic heterocycles. The van der Waals surface area contributed by atoms with Crippen LogP contribution in [0.15, 0.2) is 0 Å². The molecule has 1 saturated heterocycles.